The van der Waals surface area contributed by atoms with Crippen molar-refractivity contribution in [2.24, 2.45) is 0 Å². The number of benzene rings is 2. The Hall–Kier alpha value is -3.47. The van der Waals surface area contributed by atoms with Gasteiger partial charge in [-0.1, -0.05) is 30.3 Å². The predicted molar refractivity (Wildman–Crippen MR) is 95.4 cm³/mol. The molecule has 5 heteroatoms. The van der Waals surface area contributed by atoms with E-state index < -0.39 is 5.97 Å². The van der Waals surface area contributed by atoms with Gasteiger partial charge < -0.3 is 10.1 Å². The third-order valence-corrected chi connectivity index (χ3v) is 3.70. The Bertz CT molecular complexity index is 893. The fourth-order valence-corrected chi connectivity index (χ4v) is 2.43. The van der Waals surface area contributed by atoms with Gasteiger partial charge in [0.05, 0.1) is 18.4 Å². The summed E-state index contributed by atoms with van der Waals surface area (Å²) in [5.41, 5.74) is 2.91. The lowest BCUT2D eigenvalue weighted by molar-refractivity contribution is 0.0602. The van der Waals surface area contributed by atoms with Crippen molar-refractivity contribution < 1.29 is 14.3 Å². The summed E-state index contributed by atoms with van der Waals surface area (Å²) in [6.45, 7) is 0. The third-order valence-electron chi connectivity index (χ3n) is 3.70. The van der Waals surface area contributed by atoms with Crippen LogP contribution in [0, 0.1) is 0 Å². The highest BCUT2D eigenvalue weighted by atomic mass is 16.5. The molecule has 3 aromatic rings. The van der Waals surface area contributed by atoms with Gasteiger partial charge in [0.1, 0.15) is 0 Å². The Morgan fingerprint density at radius 2 is 1.76 bits per heavy atom. The Morgan fingerprint density at radius 1 is 0.960 bits per heavy atom. The molecular weight excluding hydrogens is 316 g/mol. The lowest BCUT2D eigenvalue weighted by Crippen LogP contribution is -2.15. The molecule has 0 aliphatic rings. The largest absolute Gasteiger partial charge is 0.465 e. The van der Waals surface area contributed by atoms with Crippen molar-refractivity contribution >= 4 is 17.6 Å². The second-order valence-electron chi connectivity index (χ2n) is 5.31. The van der Waals surface area contributed by atoms with Crippen molar-refractivity contribution in [2.75, 3.05) is 12.4 Å². The van der Waals surface area contributed by atoms with E-state index in [1.165, 1.54) is 7.11 Å². The van der Waals surface area contributed by atoms with Gasteiger partial charge in [0.2, 0.25) is 0 Å². The van der Waals surface area contributed by atoms with Gasteiger partial charge in [-0.25, -0.2) is 4.79 Å². The van der Waals surface area contributed by atoms with E-state index in [1.54, 1.807) is 54.9 Å². The van der Waals surface area contributed by atoms with Crippen LogP contribution in [0.15, 0.2) is 73.1 Å². The zero-order valence-electron chi connectivity index (χ0n) is 13.6. The highest BCUT2D eigenvalue weighted by Gasteiger charge is 2.16. The average molecular weight is 332 g/mol. The van der Waals surface area contributed by atoms with Crippen LogP contribution in [0.2, 0.25) is 0 Å². The van der Waals surface area contributed by atoms with Crippen molar-refractivity contribution in [1.82, 2.24) is 4.98 Å². The van der Waals surface area contributed by atoms with Crippen molar-refractivity contribution in [3.8, 4) is 11.1 Å². The Morgan fingerprint density at radius 3 is 2.44 bits per heavy atom. The van der Waals surface area contributed by atoms with Crippen LogP contribution >= 0.6 is 0 Å². The number of nitrogens with one attached hydrogen (secondary N) is 1. The molecule has 3 rings (SSSR count). The first kappa shape index (κ1) is 16.4. The summed E-state index contributed by atoms with van der Waals surface area (Å²) in [7, 11) is 1.31. The number of methoxy groups -OCH3 is 1. The molecule has 0 bridgehead atoms. The molecule has 1 aromatic heterocycles. The molecule has 0 spiro atoms. The molecular formula is C20H16N2O3. The van der Waals surface area contributed by atoms with Crippen molar-refractivity contribution in [3.05, 3.63) is 84.2 Å². The number of aromatic nitrogens is 1. The van der Waals surface area contributed by atoms with E-state index >= 15 is 0 Å². The van der Waals surface area contributed by atoms with Crippen LogP contribution in [0.1, 0.15) is 20.7 Å². The number of pyridine rings is 1. The molecule has 0 saturated carbocycles. The number of hydrogen-bond acceptors (Lipinski definition) is 4. The normalized spacial score (nSPS) is 10.1. The molecule has 0 aliphatic heterocycles. The maximum Gasteiger partial charge on any atom is 0.339 e. The molecule has 2 aromatic carbocycles. The van der Waals surface area contributed by atoms with Crippen molar-refractivity contribution in [2.45, 2.75) is 0 Å². The molecule has 0 fully saturated rings. The molecule has 0 saturated heterocycles. The molecule has 0 unspecified atom stereocenters. The number of ether oxygens (including phenoxy) is 1. The maximum absolute atomic E-state index is 12.4. The monoisotopic (exact) mass is 332 g/mol. The molecule has 0 atom stereocenters. The highest BCUT2D eigenvalue weighted by molar-refractivity contribution is 6.08. The minimum absolute atomic E-state index is 0.291. The van der Waals surface area contributed by atoms with Gasteiger partial charge in [-0.3, -0.25) is 9.78 Å². The summed E-state index contributed by atoms with van der Waals surface area (Å²) >= 11 is 0. The Labute approximate surface area is 145 Å². The summed E-state index contributed by atoms with van der Waals surface area (Å²) in [6.07, 6.45) is 3.40. The van der Waals surface area contributed by atoms with Crippen LogP contribution in [0.3, 0.4) is 0 Å². The average Bonchev–Trinajstić information content (AvgIpc) is 2.68. The van der Waals surface area contributed by atoms with E-state index in [4.69, 9.17) is 4.74 Å². The quantitative estimate of drug-likeness (QED) is 0.738. The summed E-state index contributed by atoms with van der Waals surface area (Å²) in [5, 5.41) is 2.79. The van der Waals surface area contributed by atoms with Crippen LogP contribution in [-0.2, 0) is 4.74 Å². The van der Waals surface area contributed by atoms with Gasteiger partial charge in [0.25, 0.3) is 5.91 Å². The number of anilines is 1. The van der Waals surface area contributed by atoms with Gasteiger partial charge in [0.15, 0.2) is 0 Å². The van der Waals surface area contributed by atoms with Gasteiger partial charge >= 0.3 is 5.97 Å². The highest BCUT2D eigenvalue weighted by Crippen LogP contribution is 2.26. The maximum atomic E-state index is 12.4. The summed E-state index contributed by atoms with van der Waals surface area (Å²) in [6, 6.07) is 17.7. The first-order valence-corrected chi connectivity index (χ1v) is 7.68. The van der Waals surface area contributed by atoms with Crippen LogP contribution < -0.4 is 5.32 Å². The van der Waals surface area contributed by atoms with Gasteiger partial charge in [0, 0.05) is 23.5 Å². The first-order chi connectivity index (χ1) is 12.2. The van der Waals surface area contributed by atoms with E-state index in [0.717, 1.165) is 11.1 Å². The fraction of sp³-hybridized carbons (Fsp3) is 0.0500. The smallest absolute Gasteiger partial charge is 0.339 e. The number of carbonyl (C=O) groups is 2. The van der Waals surface area contributed by atoms with E-state index in [0.29, 0.717) is 16.8 Å². The van der Waals surface area contributed by atoms with Gasteiger partial charge in [-0.15, -0.1) is 0 Å². The molecule has 0 radical (unpaired) electrons. The molecule has 5 nitrogen and oxygen atoms in total. The number of nitrogens with zero attached hydrogens (tertiary/aromatic N) is 1. The summed E-state index contributed by atoms with van der Waals surface area (Å²) in [4.78, 5) is 28.6. The van der Waals surface area contributed by atoms with E-state index in [2.05, 4.69) is 10.3 Å². The summed E-state index contributed by atoms with van der Waals surface area (Å²) in [5.74, 6) is -0.810. The molecule has 25 heavy (non-hydrogen) atoms. The van der Waals surface area contributed by atoms with Crippen LogP contribution in [-0.4, -0.2) is 24.0 Å². The predicted octanol–water partition coefficient (Wildman–Crippen LogP) is 3.79. The number of hydrogen-bond donors (Lipinski definition) is 1. The molecule has 124 valence electrons. The van der Waals surface area contributed by atoms with Crippen molar-refractivity contribution in [1.29, 1.82) is 0 Å². The van der Waals surface area contributed by atoms with Crippen LogP contribution in [0.25, 0.3) is 11.1 Å². The van der Waals surface area contributed by atoms with E-state index in [1.807, 2.05) is 18.2 Å². The van der Waals surface area contributed by atoms with Crippen LogP contribution in [0.5, 0.6) is 0 Å². The Balaban J connectivity index is 1.99. The van der Waals surface area contributed by atoms with Crippen molar-refractivity contribution in [3.63, 3.8) is 0 Å². The molecule has 0 aliphatic carbocycles. The molecule has 1 N–H and O–H groups in total. The second-order valence-corrected chi connectivity index (χ2v) is 5.31. The van der Waals surface area contributed by atoms with Crippen LogP contribution in [0.4, 0.5) is 5.69 Å². The topological polar surface area (TPSA) is 68.3 Å². The summed E-state index contributed by atoms with van der Waals surface area (Å²) < 4.78 is 4.81. The minimum Gasteiger partial charge on any atom is -0.465 e. The fourth-order valence-electron chi connectivity index (χ4n) is 2.43. The number of esters is 1. The lowest BCUT2D eigenvalue weighted by atomic mass is 10.0. The van der Waals surface area contributed by atoms with Gasteiger partial charge in [-0.05, 0) is 35.9 Å². The van der Waals surface area contributed by atoms with E-state index in [9.17, 15) is 9.59 Å². The lowest BCUT2D eigenvalue weighted by Gasteiger charge is -2.12. The standard InChI is InChI=1S/C20H16N2O3/c1-25-20(24)17-10-9-15(16-8-5-11-21-13-16)12-18(17)22-19(23)14-6-3-2-4-7-14/h2-13H,1H3,(H,22,23). The molecule has 1 amide bonds. The van der Waals surface area contributed by atoms with Gasteiger partial charge in [-0.2, -0.15) is 0 Å². The second kappa shape index (κ2) is 7.40. The first-order valence-electron chi connectivity index (χ1n) is 7.68. The number of rotatable bonds is 4. The number of carbonyl (C=O) groups excluding carboxylic acids is 2. The van der Waals surface area contributed by atoms with E-state index in [-0.39, 0.29) is 5.91 Å². The SMILES string of the molecule is COC(=O)c1ccc(-c2cccnc2)cc1NC(=O)c1ccccc1. The number of amides is 1. The zero-order chi connectivity index (χ0) is 17.6. The minimum atomic E-state index is -0.513. The molecule has 1 heterocycles. The Kier molecular flexibility index (Phi) is 4.85. The third kappa shape index (κ3) is 3.72. The zero-order valence-corrected chi connectivity index (χ0v) is 13.6.